The van der Waals surface area contributed by atoms with Crippen LogP contribution in [0.3, 0.4) is 0 Å². The Kier molecular flexibility index (Phi) is 4.20. The van der Waals surface area contributed by atoms with E-state index in [1.54, 1.807) is 0 Å². The molecule has 1 heterocycles. The molecule has 0 saturated heterocycles. The van der Waals surface area contributed by atoms with Crippen molar-refractivity contribution in [3.63, 3.8) is 0 Å². The normalized spacial score (nSPS) is 16.6. The number of halogens is 5. The van der Waals surface area contributed by atoms with Crippen LogP contribution in [0.25, 0.3) is 0 Å². The van der Waals surface area contributed by atoms with Crippen molar-refractivity contribution in [2.45, 2.75) is 5.03 Å². The minimum atomic E-state index is -9.94. The van der Waals surface area contributed by atoms with E-state index in [0.717, 1.165) is 6.07 Å². The maximum absolute atomic E-state index is 13.0. The summed E-state index contributed by atoms with van der Waals surface area (Å²) in [5.74, 6) is 0. The van der Waals surface area contributed by atoms with Gasteiger partial charge >= 0.3 is 29.6 Å². The van der Waals surface area contributed by atoms with Crippen LogP contribution in [-0.4, -0.2) is 18.0 Å². The molecule has 0 atom stereocenters. The minimum Gasteiger partial charge on any atom is -0.734 e. The van der Waals surface area contributed by atoms with Crippen molar-refractivity contribution in [2.24, 2.45) is 0 Å². The summed E-state index contributed by atoms with van der Waals surface area (Å²) in [6.07, 6.45) is 0.541. The van der Waals surface area contributed by atoms with Gasteiger partial charge in [0.25, 0.3) is 8.87 Å². The van der Waals surface area contributed by atoms with Gasteiger partial charge in [-0.1, -0.05) is 0 Å². The molecule has 0 saturated carbocycles. The van der Waals surface area contributed by atoms with Crippen LogP contribution < -0.4 is 29.6 Å². The number of hydrogen-bond acceptors (Lipinski definition) is 4. The summed E-state index contributed by atoms with van der Waals surface area (Å²) in [7, 11) is -17.1. The molecule has 0 radical (unpaired) electrons. The third kappa shape index (κ3) is 2.80. The predicted molar refractivity (Wildman–Crippen MR) is 51.9 cm³/mol. The molecule has 1 aromatic rings. The molecule has 17 heavy (non-hydrogen) atoms. The molecule has 1 rings (SSSR count). The molecule has 0 spiro atoms. The van der Waals surface area contributed by atoms with Crippen molar-refractivity contribution >= 4 is 34.0 Å². The van der Waals surface area contributed by atoms with Crippen LogP contribution in [0.5, 0.6) is 0 Å². The summed E-state index contributed by atoms with van der Waals surface area (Å²) < 4.78 is 82.4. The predicted octanol–water partition coefficient (Wildman–Crippen LogP) is 0.0812. The monoisotopic (exact) mass is 367 g/mol. The first kappa shape index (κ1) is 17.6. The van der Waals surface area contributed by atoms with Crippen LogP contribution in [0.15, 0.2) is 27.8 Å². The van der Waals surface area contributed by atoms with Crippen LogP contribution >= 0.6 is 24.8 Å². The summed E-state index contributed by atoms with van der Waals surface area (Å²) in [6, 6.07) is 0.812. The van der Waals surface area contributed by atoms with Gasteiger partial charge < -0.3 is 4.55 Å². The van der Waals surface area contributed by atoms with Gasteiger partial charge in [0.2, 0.25) is 9.15 Å². The van der Waals surface area contributed by atoms with E-state index in [-0.39, 0.29) is 40.1 Å². The van der Waals surface area contributed by atoms with Gasteiger partial charge in [-0.25, -0.2) is 13.4 Å². The van der Waals surface area contributed by atoms with Crippen molar-refractivity contribution in [1.29, 1.82) is 0 Å². The Labute approximate surface area is 124 Å². The molecule has 0 aliphatic heterocycles. The number of rotatable bonds is 2. The Bertz CT molecular complexity index is 542. The molecule has 12 heteroatoms. The maximum atomic E-state index is 13.0. The van der Waals surface area contributed by atoms with Crippen molar-refractivity contribution in [3.8, 4) is 0 Å². The van der Waals surface area contributed by atoms with Gasteiger partial charge in [-0.3, -0.25) is 0 Å². The zero-order valence-corrected chi connectivity index (χ0v) is 13.3. The number of aromatic nitrogens is 1. The van der Waals surface area contributed by atoms with Gasteiger partial charge in [-0.2, -0.15) is 0 Å². The minimum absolute atomic E-state index is 0. The van der Waals surface area contributed by atoms with Crippen molar-refractivity contribution in [2.75, 3.05) is 0 Å². The molecule has 0 bridgehead atoms. The van der Waals surface area contributed by atoms with Gasteiger partial charge in [0.1, 0.15) is 0 Å². The molecule has 0 fully saturated rings. The average Bonchev–Trinajstić information content (AvgIpc) is 2.00. The Balaban J connectivity index is 0.00000256. The second-order valence-electron chi connectivity index (χ2n) is 2.72. The van der Waals surface area contributed by atoms with E-state index in [1.807, 2.05) is 0 Å². The van der Waals surface area contributed by atoms with Crippen LogP contribution in [0.2, 0.25) is 0 Å². The number of nitrogens with zero attached hydrogens (tertiary/aromatic N) is 1. The SMILES string of the molecule is O=S(=O)([O-])S(F)(F)(F)(F)c1ccc(Br)cn1.[Na+]. The zero-order chi connectivity index (χ0) is 12.9. The smallest absolute Gasteiger partial charge is 0.734 e. The third-order valence-corrected chi connectivity index (χ3v) is 6.82. The van der Waals surface area contributed by atoms with Gasteiger partial charge in [-0.15, -0.1) is 15.5 Å². The molecule has 0 unspecified atom stereocenters. The molecular formula is C5H3BrF4NNaO3S2. The van der Waals surface area contributed by atoms with Crippen LogP contribution in [0.4, 0.5) is 15.5 Å². The second-order valence-corrected chi connectivity index (χ2v) is 10.1. The first-order chi connectivity index (χ1) is 6.78. The van der Waals surface area contributed by atoms with E-state index >= 15 is 0 Å². The summed E-state index contributed by atoms with van der Waals surface area (Å²) in [4.78, 5) is 2.59. The van der Waals surface area contributed by atoms with Crippen LogP contribution in [0, 0.1) is 0 Å². The molecule has 4 nitrogen and oxygen atoms in total. The number of hydrogen-bond donors (Lipinski definition) is 0. The van der Waals surface area contributed by atoms with Crippen LogP contribution in [0.1, 0.15) is 0 Å². The third-order valence-electron chi connectivity index (χ3n) is 1.51. The molecule has 0 aliphatic carbocycles. The van der Waals surface area contributed by atoms with Crippen molar-refractivity contribution in [3.05, 3.63) is 22.8 Å². The van der Waals surface area contributed by atoms with Gasteiger partial charge in [0, 0.05) is 10.7 Å². The molecule has 1 aromatic heterocycles. The molecule has 0 N–H and O–H groups in total. The summed E-state index contributed by atoms with van der Waals surface area (Å²) in [5.41, 5.74) is 0. The topological polar surface area (TPSA) is 70.1 Å². The standard InChI is InChI=1S/C5H4BrF4NO3S2.Na/c6-4-1-2-5(11-3-4)16(7,8,9,10)15(12,13)14;/h1-3H,(H,12,13,14);/q;+1/p-1. The van der Waals surface area contributed by atoms with E-state index in [0.29, 0.717) is 6.20 Å². The Hall–Kier alpha value is 0.610. The van der Waals surface area contributed by atoms with Crippen LogP contribution in [-0.2, 0) is 9.15 Å². The van der Waals surface area contributed by atoms with Gasteiger partial charge in [0.05, 0.1) is 0 Å². The average molecular weight is 368 g/mol. The number of pyridine rings is 1. The van der Waals surface area contributed by atoms with E-state index in [4.69, 9.17) is 0 Å². The Morgan fingerprint density at radius 1 is 1.24 bits per heavy atom. The summed E-state index contributed by atoms with van der Waals surface area (Å²) in [6.45, 7) is 0. The Morgan fingerprint density at radius 2 is 1.71 bits per heavy atom. The van der Waals surface area contributed by atoms with Crippen molar-refractivity contribution in [1.82, 2.24) is 4.98 Å². The van der Waals surface area contributed by atoms with Gasteiger partial charge in [0.15, 0.2) is 5.03 Å². The molecule has 0 aliphatic rings. The first-order valence-corrected chi connectivity index (χ1v) is 8.13. The van der Waals surface area contributed by atoms with Gasteiger partial charge in [-0.05, 0) is 28.1 Å². The first-order valence-electron chi connectivity index (χ1n) is 3.36. The Morgan fingerprint density at radius 3 is 2.00 bits per heavy atom. The molecule has 0 amide bonds. The summed E-state index contributed by atoms with van der Waals surface area (Å²) >= 11 is 2.73. The maximum Gasteiger partial charge on any atom is 1.00 e. The fraction of sp³-hybridized carbons (Fsp3) is 0. The van der Waals surface area contributed by atoms with E-state index in [1.165, 1.54) is 0 Å². The fourth-order valence-corrected chi connectivity index (χ4v) is 2.65. The second kappa shape index (κ2) is 4.05. The molecular weight excluding hydrogens is 365 g/mol. The summed E-state index contributed by atoms with van der Waals surface area (Å²) in [5, 5.41) is -2.34. The van der Waals surface area contributed by atoms with E-state index in [9.17, 15) is 28.5 Å². The molecule has 94 valence electrons. The van der Waals surface area contributed by atoms with E-state index in [2.05, 4.69) is 20.9 Å². The fourth-order valence-electron chi connectivity index (χ4n) is 0.699. The quantitative estimate of drug-likeness (QED) is 0.321. The van der Waals surface area contributed by atoms with Crippen molar-refractivity contribution < 1.29 is 58.1 Å². The van der Waals surface area contributed by atoms with E-state index < -0.39 is 23.0 Å². The largest absolute Gasteiger partial charge is 1.00 e. The molecule has 0 aromatic carbocycles. The zero-order valence-electron chi connectivity index (χ0n) is 8.11.